The largest absolute Gasteiger partial charge is 0.368 e. The molecule has 0 bridgehead atoms. The molecule has 5 rings (SSSR count). The number of nitrogens with one attached hydrogen (secondary N) is 1. The van der Waals surface area contributed by atoms with Gasteiger partial charge in [0.1, 0.15) is 6.04 Å². The van der Waals surface area contributed by atoms with Crippen molar-refractivity contribution in [3.63, 3.8) is 0 Å². The molecule has 3 N–H and O–H groups in total. The van der Waals surface area contributed by atoms with Crippen molar-refractivity contribution in [3.8, 4) is 11.1 Å². The Labute approximate surface area is 193 Å². The average molecular weight is 433 g/mol. The van der Waals surface area contributed by atoms with Gasteiger partial charge >= 0.3 is 0 Å². The van der Waals surface area contributed by atoms with Gasteiger partial charge in [0.05, 0.1) is 5.92 Å². The van der Waals surface area contributed by atoms with Crippen molar-refractivity contribution < 1.29 is 9.59 Å². The second-order valence-electron chi connectivity index (χ2n) is 8.30. The van der Waals surface area contributed by atoms with Crippen molar-refractivity contribution in [2.75, 3.05) is 0 Å². The van der Waals surface area contributed by atoms with Crippen molar-refractivity contribution in [2.45, 2.75) is 17.9 Å². The molecule has 1 atom stereocenters. The smallest absolute Gasteiger partial charge is 0.240 e. The molecule has 162 valence electrons. The van der Waals surface area contributed by atoms with Gasteiger partial charge in [-0.2, -0.15) is 0 Å². The first-order valence-electron chi connectivity index (χ1n) is 11.0. The maximum Gasteiger partial charge on any atom is 0.240 e. The first-order chi connectivity index (χ1) is 16.1. The summed E-state index contributed by atoms with van der Waals surface area (Å²) in [5.74, 6) is -1.70. The standard InChI is InChI=1S/C29H24N2O2/c30-28(32)27(26-23-17-9-7-15-21(23)22-16-8-10-18-24(22)26)31-29(33)25(19-11-3-1-4-12-19)20-13-5-2-6-14-20/h1-18,25-27H,(H2,30,32)(H,31,33)/t27-/m1/s1. The van der Waals surface area contributed by atoms with Crippen molar-refractivity contribution >= 4 is 11.8 Å². The molecule has 33 heavy (non-hydrogen) atoms. The van der Waals surface area contributed by atoms with Gasteiger partial charge < -0.3 is 11.1 Å². The molecule has 4 aromatic carbocycles. The van der Waals surface area contributed by atoms with E-state index in [1.165, 1.54) is 0 Å². The normalized spacial score (nSPS) is 13.2. The number of carbonyl (C=O) groups is 2. The van der Waals surface area contributed by atoms with Crippen molar-refractivity contribution in [2.24, 2.45) is 5.73 Å². The van der Waals surface area contributed by atoms with E-state index < -0.39 is 17.9 Å². The number of benzene rings is 4. The zero-order valence-corrected chi connectivity index (χ0v) is 18.0. The average Bonchev–Trinajstić information content (AvgIpc) is 3.18. The topological polar surface area (TPSA) is 72.2 Å². The van der Waals surface area contributed by atoms with Crippen LogP contribution in [0.5, 0.6) is 0 Å². The molecule has 0 fully saturated rings. The van der Waals surface area contributed by atoms with Crippen LogP contribution in [-0.4, -0.2) is 17.9 Å². The third-order valence-electron chi connectivity index (χ3n) is 6.35. The highest BCUT2D eigenvalue weighted by molar-refractivity contribution is 5.94. The second-order valence-corrected chi connectivity index (χ2v) is 8.30. The minimum absolute atomic E-state index is 0.252. The molecule has 0 heterocycles. The minimum Gasteiger partial charge on any atom is -0.368 e. The number of hydrogen-bond acceptors (Lipinski definition) is 2. The Morgan fingerprint density at radius 1 is 0.636 bits per heavy atom. The molecule has 0 unspecified atom stereocenters. The van der Waals surface area contributed by atoms with Gasteiger partial charge in [-0.05, 0) is 33.4 Å². The summed E-state index contributed by atoms with van der Waals surface area (Å²) in [6, 6.07) is 34.3. The summed E-state index contributed by atoms with van der Waals surface area (Å²) in [5.41, 5.74) is 11.8. The molecule has 0 saturated heterocycles. The van der Waals surface area contributed by atoms with Gasteiger partial charge in [0.25, 0.3) is 0 Å². The van der Waals surface area contributed by atoms with Crippen LogP contribution in [0, 0.1) is 0 Å². The summed E-state index contributed by atoms with van der Waals surface area (Å²) in [6.07, 6.45) is 0. The molecular formula is C29H24N2O2. The number of primary amides is 1. The maximum atomic E-state index is 13.7. The number of amides is 2. The molecule has 1 aliphatic carbocycles. The lowest BCUT2D eigenvalue weighted by molar-refractivity contribution is -0.128. The zero-order valence-electron chi connectivity index (χ0n) is 18.0. The molecule has 4 nitrogen and oxygen atoms in total. The SMILES string of the molecule is NC(=O)[C@H](NC(=O)C(c1ccccc1)c1ccccc1)C1c2ccccc2-c2ccccc21. The predicted octanol–water partition coefficient (Wildman–Crippen LogP) is 4.60. The monoisotopic (exact) mass is 432 g/mol. The molecule has 0 saturated carbocycles. The van der Waals surface area contributed by atoms with Gasteiger partial charge in [0.15, 0.2) is 0 Å². The van der Waals surface area contributed by atoms with Crippen molar-refractivity contribution in [1.82, 2.24) is 5.32 Å². The quantitative estimate of drug-likeness (QED) is 0.467. The van der Waals surface area contributed by atoms with E-state index in [1.807, 2.05) is 109 Å². The van der Waals surface area contributed by atoms with E-state index >= 15 is 0 Å². The van der Waals surface area contributed by atoms with E-state index in [9.17, 15) is 9.59 Å². The number of rotatable bonds is 6. The Hall–Kier alpha value is -4.18. The van der Waals surface area contributed by atoms with Gasteiger partial charge in [-0.25, -0.2) is 0 Å². The fourth-order valence-electron chi connectivity index (χ4n) is 4.90. The molecule has 0 spiro atoms. The van der Waals surface area contributed by atoms with Crippen molar-refractivity contribution in [3.05, 3.63) is 131 Å². The van der Waals surface area contributed by atoms with Gasteiger partial charge in [0.2, 0.25) is 11.8 Å². The van der Waals surface area contributed by atoms with Crippen LogP contribution in [0.15, 0.2) is 109 Å². The maximum absolute atomic E-state index is 13.7. The highest BCUT2D eigenvalue weighted by Crippen LogP contribution is 2.46. The first-order valence-corrected chi connectivity index (χ1v) is 11.0. The summed E-state index contributed by atoms with van der Waals surface area (Å²) >= 11 is 0. The van der Waals surface area contributed by atoms with Gasteiger partial charge in [-0.15, -0.1) is 0 Å². The zero-order chi connectivity index (χ0) is 22.8. The van der Waals surface area contributed by atoms with Crippen molar-refractivity contribution in [1.29, 1.82) is 0 Å². The fraction of sp³-hybridized carbons (Fsp3) is 0.103. The number of carbonyl (C=O) groups excluding carboxylic acids is 2. The summed E-state index contributed by atoms with van der Waals surface area (Å²) < 4.78 is 0. The lowest BCUT2D eigenvalue weighted by Crippen LogP contribution is -2.49. The van der Waals surface area contributed by atoms with Crippen LogP contribution in [-0.2, 0) is 9.59 Å². The Kier molecular flexibility index (Phi) is 5.49. The van der Waals surface area contributed by atoms with E-state index in [2.05, 4.69) is 5.32 Å². The van der Waals surface area contributed by atoms with E-state index in [0.29, 0.717) is 0 Å². The molecule has 0 aliphatic heterocycles. The molecule has 4 aromatic rings. The molecule has 1 aliphatic rings. The summed E-state index contributed by atoms with van der Waals surface area (Å²) in [4.78, 5) is 26.5. The summed E-state index contributed by atoms with van der Waals surface area (Å²) in [5, 5.41) is 3.02. The molecule has 4 heteroatoms. The third-order valence-corrected chi connectivity index (χ3v) is 6.35. The van der Waals surface area contributed by atoms with Crippen LogP contribution < -0.4 is 11.1 Å². The molecule has 0 radical (unpaired) electrons. The van der Waals surface area contributed by atoms with E-state index in [-0.39, 0.29) is 11.8 Å². The predicted molar refractivity (Wildman–Crippen MR) is 130 cm³/mol. The van der Waals surface area contributed by atoms with Gasteiger partial charge in [0, 0.05) is 5.92 Å². The molecule has 0 aromatic heterocycles. The second kappa shape index (κ2) is 8.75. The molecular weight excluding hydrogens is 408 g/mol. The van der Waals surface area contributed by atoms with Crippen LogP contribution in [0.3, 0.4) is 0 Å². The number of fused-ring (bicyclic) bond motifs is 3. The Bertz CT molecular complexity index is 1220. The van der Waals surface area contributed by atoms with Gasteiger partial charge in [-0.1, -0.05) is 109 Å². The van der Waals surface area contributed by atoms with Crippen LogP contribution in [0.2, 0.25) is 0 Å². The summed E-state index contributed by atoms with van der Waals surface area (Å²) in [6.45, 7) is 0. The Morgan fingerprint density at radius 2 is 1.06 bits per heavy atom. The van der Waals surface area contributed by atoms with E-state index in [1.54, 1.807) is 0 Å². The highest BCUT2D eigenvalue weighted by Gasteiger charge is 2.39. The highest BCUT2D eigenvalue weighted by atomic mass is 16.2. The van der Waals surface area contributed by atoms with Crippen LogP contribution in [0.4, 0.5) is 0 Å². The third kappa shape index (κ3) is 3.80. The minimum atomic E-state index is -0.878. The lowest BCUT2D eigenvalue weighted by Gasteiger charge is -2.27. The van der Waals surface area contributed by atoms with Crippen LogP contribution >= 0.6 is 0 Å². The fourth-order valence-corrected chi connectivity index (χ4v) is 4.90. The van der Waals surface area contributed by atoms with Crippen LogP contribution in [0.1, 0.15) is 34.1 Å². The van der Waals surface area contributed by atoms with Gasteiger partial charge in [-0.3, -0.25) is 9.59 Å². The summed E-state index contributed by atoms with van der Waals surface area (Å²) in [7, 11) is 0. The van der Waals surface area contributed by atoms with E-state index in [4.69, 9.17) is 5.73 Å². The number of nitrogens with two attached hydrogens (primary N) is 1. The molecule has 2 amide bonds. The lowest BCUT2D eigenvalue weighted by atomic mass is 9.86. The number of hydrogen-bond donors (Lipinski definition) is 2. The van der Waals surface area contributed by atoms with Crippen LogP contribution in [0.25, 0.3) is 11.1 Å². The Morgan fingerprint density at radius 3 is 1.52 bits per heavy atom. The first kappa shape index (κ1) is 20.7. The Balaban J connectivity index is 1.55. The van der Waals surface area contributed by atoms with E-state index in [0.717, 1.165) is 33.4 Å².